The molecule has 2 aliphatic rings. The van der Waals surface area contributed by atoms with Crippen LogP contribution in [0.1, 0.15) is 29.6 Å². The summed E-state index contributed by atoms with van der Waals surface area (Å²) in [6.07, 6.45) is 3.50. The Hall–Kier alpha value is -2.08. The van der Waals surface area contributed by atoms with E-state index in [1.54, 1.807) is 28.0 Å². The van der Waals surface area contributed by atoms with Crippen LogP contribution in [-0.2, 0) is 4.79 Å². The van der Waals surface area contributed by atoms with Gasteiger partial charge in [-0.25, -0.2) is 0 Å². The first-order valence-corrected chi connectivity index (χ1v) is 9.70. The lowest BCUT2D eigenvalue weighted by Gasteiger charge is -2.38. The number of amides is 2. The summed E-state index contributed by atoms with van der Waals surface area (Å²) in [4.78, 5) is 31.7. The number of anilines is 2. The molecule has 2 heterocycles. The van der Waals surface area contributed by atoms with Gasteiger partial charge >= 0.3 is 0 Å². The van der Waals surface area contributed by atoms with Gasteiger partial charge in [0.05, 0.1) is 17.8 Å². The molecule has 0 N–H and O–H groups in total. The summed E-state index contributed by atoms with van der Waals surface area (Å²) in [5.41, 5.74) is 1.91. The zero-order valence-corrected chi connectivity index (χ0v) is 17.1. The molecule has 4 rings (SSSR count). The molecule has 2 aromatic rings. The van der Waals surface area contributed by atoms with Gasteiger partial charge in [0.2, 0.25) is 5.91 Å². The molecule has 0 radical (unpaired) electrons. The van der Waals surface area contributed by atoms with Gasteiger partial charge in [-0.3, -0.25) is 24.3 Å². The maximum atomic E-state index is 13.1. The number of fused-ring (bicyclic) bond motifs is 1. The Morgan fingerprint density at radius 1 is 1.00 bits per heavy atom. The first-order chi connectivity index (χ1) is 13.1. The van der Waals surface area contributed by atoms with E-state index in [0.29, 0.717) is 28.5 Å². The second-order valence-corrected chi connectivity index (χ2v) is 7.47. The maximum Gasteiger partial charge on any atom is 0.261 e. The Balaban J connectivity index is 0.00000225. The molecule has 2 aliphatic heterocycles. The van der Waals surface area contributed by atoms with Crippen LogP contribution in [0.4, 0.5) is 11.4 Å². The monoisotopic (exact) mass is 419 g/mol. The number of likely N-dealkylation sites (tertiary alicyclic amines) is 1. The molecule has 0 spiro atoms. The molecule has 0 aromatic heterocycles. The van der Waals surface area contributed by atoms with Crippen LogP contribution < -0.4 is 9.80 Å². The van der Waals surface area contributed by atoms with Gasteiger partial charge in [0.15, 0.2) is 0 Å². The minimum absolute atomic E-state index is 0. The predicted molar refractivity (Wildman–Crippen MR) is 115 cm³/mol. The van der Waals surface area contributed by atoms with E-state index in [1.165, 1.54) is 6.42 Å². The highest BCUT2D eigenvalue weighted by atomic mass is 35.5. The van der Waals surface area contributed by atoms with Crippen LogP contribution >= 0.6 is 24.0 Å². The number of hydrogen-bond donors (Lipinski definition) is 0. The summed E-state index contributed by atoms with van der Waals surface area (Å²) in [5.74, 6) is -0.0984. The molecule has 0 atom stereocenters. The zero-order valence-electron chi connectivity index (χ0n) is 15.5. The molecule has 1 saturated heterocycles. The summed E-state index contributed by atoms with van der Waals surface area (Å²) in [5, 5.41) is 0.561. The zero-order chi connectivity index (χ0) is 18.8. The Kier molecular flexibility index (Phi) is 6.60. The average molecular weight is 420 g/mol. The molecule has 5 nitrogen and oxygen atoms in total. The van der Waals surface area contributed by atoms with Crippen molar-refractivity contribution >= 4 is 47.2 Å². The molecule has 0 bridgehead atoms. The van der Waals surface area contributed by atoms with Crippen LogP contribution in [0, 0.1) is 0 Å². The van der Waals surface area contributed by atoms with E-state index < -0.39 is 0 Å². The standard InChI is InChI=1S/C21H22ClN3O2.ClH/c22-16-7-6-8-17(13-16)24-15-25(19-10-3-2-9-18(19)21(24)27)20(26)14-23-11-4-1-5-12-23;/h2-3,6-10,13H,1,4-5,11-12,14-15H2;1H. The van der Waals surface area contributed by atoms with E-state index in [9.17, 15) is 9.59 Å². The number of piperidine rings is 1. The van der Waals surface area contributed by atoms with E-state index in [1.807, 2.05) is 30.3 Å². The fourth-order valence-corrected chi connectivity index (χ4v) is 3.95. The van der Waals surface area contributed by atoms with Crippen molar-refractivity contribution in [3.05, 3.63) is 59.1 Å². The minimum atomic E-state index is -0.116. The second-order valence-electron chi connectivity index (χ2n) is 7.03. The molecule has 28 heavy (non-hydrogen) atoms. The average Bonchev–Trinajstić information content (AvgIpc) is 2.69. The highest BCUT2D eigenvalue weighted by Gasteiger charge is 2.33. The van der Waals surface area contributed by atoms with Crippen molar-refractivity contribution in [3.8, 4) is 0 Å². The summed E-state index contributed by atoms with van der Waals surface area (Å²) in [7, 11) is 0. The van der Waals surface area contributed by atoms with Crippen molar-refractivity contribution in [2.45, 2.75) is 19.3 Å². The number of halogens is 2. The third kappa shape index (κ3) is 4.17. The van der Waals surface area contributed by atoms with Crippen molar-refractivity contribution in [2.24, 2.45) is 0 Å². The van der Waals surface area contributed by atoms with Gasteiger partial charge in [-0.2, -0.15) is 0 Å². The first-order valence-electron chi connectivity index (χ1n) is 9.33. The van der Waals surface area contributed by atoms with Crippen molar-refractivity contribution in [3.63, 3.8) is 0 Å². The summed E-state index contributed by atoms with van der Waals surface area (Å²) in [6, 6.07) is 14.5. The predicted octanol–water partition coefficient (Wildman–Crippen LogP) is 4.20. The summed E-state index contributed by atoms with van der Waals surface area (Å²) < 4.78 is 0. The van der Waals surface area contributed by atoms with Gasteiger partial charge in [-0.15, -0.1) is 12.4 Å². The lowest BCUT2D eigenvalue weighted by atomic mass is 10.1. The number of para-hydroxylation sites is 1. The van der Waals surface area contributed by atoms with Crippen LogP contribution in [-0.4, -0.2) is 43.0 Å². The molecular formula is C21H23Cl2N3O2. The quantitative estimate of drug-likeness (QED) is 0.748. The van der Waals surface area contributed by atoms with Gasteiger partial charge < -0.3 is 0 Å². The van der Waals surface area contributed by atoms with Crippen LogP contribution in [0.15, 0.2) is 48.5 Å². The second kappa shape index (κ2) is 8.95. The maximum absolute atomic E-state index is 13.1. The number of hydrogen-bond acceptors (Lipinski definition) is 3. The first kappa shape index (κ1) is 20.6. The van der Waals surface area contributed by atoms with Crippen LogP contribution in [0.2, 0.25) is 5.02 Å². The number of benzene rings is 2. The smallest absolute Gasteiger partial charge is 0.261 e. The summed E-state index contributed by atoms with van der Waals surface area (Å²) >= 11 is 6.11. The Labute approximate surface area is 176 Å². The number of carbonyl (C=O) groups is 2. The highest BCUT2D eigenvalue weighted by Crippen LogP contribution is 2.31. The number of nitrogens with zero attached hydrogens (tertiary/aromatic N) is 3. The van der Waals surface area contributed by atoms with Gasteiger partial charge in [-0.1, -0.05) is 36.2 Å². The lowest BCUT2D eigenvalue weighted by molar-refractivity contribution is -0.120. The number of rotatable bonds is 3. The Bertz CT molecular complexity index is 868. The molecule has 2 aromatic carbocycles. The molecule has 1 fully saturated rings. The normalized spacial score (nSPS) is 17.1. The molecular weight excluding hydrogens is 397 g/mol. The number of carbonyl (C=O) groups excluding carboxylic acids is 2. The third-order valence-electron chi connectivity index (χ3n) is 5.18. The minimum Gasteiger partial charge on any atom is -0.294 e. The van der Waals surface area contributed by atoms with Gasteiger partial charge in [-0.05, 0) is 56.3 Å². The van der Waals surface area contributed by atoms with Gasteiger partial charge in [0, 0.05) is 10.7 Å². The van der Waals surface area contributed by atoms with E-state index in [0.717, 1.165) is 25.9 Å². The van der Waals surface area contributed by atoms with Crippen LogP contribution in [0.3, 0.4) is 0 Å². The van der Waals surface area contributed by atoms with Crippen molar-refractivity contribution in [1.29, 1.82) is 0 Å². The largest absolute Gasteiger partial charge is 0.294 e. The van der Waals surface area contributed by atoms with Crippen molar-refractivity contribution < 1.29 is 9.59 Å². The molecule has 2 amide bonds. The Morgan fingerprint density at radius 2 is 1.75 bits per heavy atom. The summed E-state index contributed by atoms with van der Waals surface area (Å²) in [6.45, 7) is 2.49. The van der Waals surface area contributed by atoms with E-state index in [2.05, 4.69) is 4.90 Å². The third-order valence-corrected chi connectivity index (χ3v) is 5.42. The molecule has 0 aliphatic carbocycles. The van der Waals surface area contributed by atoms with E-state index >= 15 is 0 Å². The van der Waals surface area contributed by atoms with Gasteiger partial charge in [0.25, 0.3) is 5.91 Å². The lowest BCUT2D eigenvalue weighted by Crippen LogP contribution is -2.52. The Morgan fingerprint density at radius 3 is 2.50 bits per heavy atom. The van der Waals surface area contributed by atoms with Crippen LogP contribution in [0.25, 0.3) is 0 Å². The molecule has 7 heteroatoms. The van der Waals surface area contributed by atoms with Crippen molar-refractivity contribution in [1.82, 2.24) is 4.90 Å². The van der Waals surface area contributed by atoms with E-state index in [-0.39, 0.29) is 30.9 Å². The molecule has 148 valence electrons. The van der Waals surface area contributed by atoms with Gasteiger partial charge in [0.1, 0.15) is 6.67 Å². The molecule has 0 unspecified atom stereocenters. The molecule has 0 saturated carbocycles. The van der Waals surface area contributed by atoms with Crippen LogP contribution in [0.5, 0.6) is 0 Å². The SMILES string of the molecule is Cl.O=C1c2ccccc2N(C(=O)CN2CCCCC2)CN1c1cccc(Cl)c1. The topological polar surface area (TPSA) is 43.9 Å². The van der Waals surface area contributed by atoms with E-state index in [4.69, 9.17) is 11.6 Å². The fraction of sp³-hybridized carbons (Fsp3) is 0.333. The highest BCUT2D eigenvalue weighted by molar-refractivity contribution is 6.31. The van der Waals surface area contributed by atoms with Crippen molar-refractivity contribution in [2.75, 3.05) is 36.1 Å². The fourth-order valence-electron chi connectivity index (χ4n) is 3.77.